The molecule has 1 unspecified atom stereocenters. The fraction of sp³-hybridized carbons (Fsp3) is 0.947. The van der Waals surface area contributed by atoms with Gasteiger partial charge in [-0.15, -0.1) is 0 Å². The van der Waals surface area contributed by atoms with Gasteiger partial charge in [-0.1, -0.05) is 27.7 Å². The molecule has 0 saturated carbocycles. The maximum Gasteiger partial charge on any atom is 0.281 e. The molecule has 0 aromatic rings. The van der Waals surface area contributed by atoms with Gasteiger partial charge in [0.15, 0.2) is 0 Å². The largest absolute Gasteiger partial charge is 0.376 e. The number of rotatable bonds is 9. The molecule has 0 bridgehead atoms. The number of ether oxygens (including phenoxy) is 1. The van der Waals surface area contributed by atoms with Crippen molar-refractivity contribution in [3.63, 3.8) is 0 Å². The Bertz CT molecular complexity index is 556. The molecule has 0 spiro atoms. The summed E-state index contributed by atoms with van der Waals surface area (Å²) in [6.07, 6.45) is 3.34. The average molecular weight is 404 g/mol. The molecule has 1 N–H and O–H groups in total. The van der Waals surface area contributed by atoms with E-state index in [0.717, 1.165) is 19.4 Å². The number of nitrogens with zero attached hydrogens (tertiary/aromatic N) is 2. The summed E-state index contributed by atoms with van der Waals surface area (Å²) in [6, 6.07) is 0. The van der Waals surface area contributed by atoms with Gasteiger partial charge in [-0.25, -0.2) is 0 Å². The molecule has 2 heterocycles. The van der Waals surface area contributed by atoms with Gasteiger partial charge >= 0.3 is 0 Å². The number of piperidine rings is 1. The van der Waals surface area contributed by atoms with Crippen LogP contribution >= 0.6 is 0 Å². The van der Waals surface area contributed by atoms with E-state index in [9.17, 15) is 13.2 Å². The van der Waals surface area contributed by atoms with E-state index in [0.29, 0.717) is 45.6 Å². The van der Waals surface area contributed by atoms with Crippen LogP contribution in [0.2, 0.25) is 0 Å². The molecule has 1 amide bonds. The fourth-order valence-corrected chi connectivity index (χ4v) is 5.73. The number of carbonyl (C=O) groups is 1. The van der Waals surface area contributed by atoms with E-state index in [1.807, 2.05) is 27.7 Å². The molecule has 0 aliphatic carbocycles. The van der Waals surface area contributed by atoms with Crippen LogP contribution in [0.15, 0.2) is 0 Å². The second-order valence-electron chi connectivity index (χ2n) is 8.67. The van der Waals surface area contributed by atoms with E-state index in [1.165, 1.54) is 0 Å². The van der Waals surface area contributed by atoms with Gasteiger partial charge in [0.05, 0.1) is 6.10 Å². The molecule has 1 atom stereocenters. The molecular formula is C19H37N3O4S. The second-order valence-corrected chi connectivity index (χ2v) is 10.6. The summed E-state index contributed by atoms with van der Waals surface area (Å²) in [5, 5.41) is 2.98. The predicted molar refractivity (Wildman–Crippen MR) is 106 cm³/mol. The molecule has 0 aromatic heterocycles. The summed E-state index contributed by atoms with van der Waals surface area (Å²) in [5.74, 6) is 0.476. The Morgan fingerprint density at radius 2 is 1.70 bits per heavy atom. The smallest absolute Gasteiger partial charge is 0.281 e. The quantitative estimate of drug-likeness (QED) is 0.637. The topological polar surface area (TPSA) is 79.0 Å². The summed E-state index contributed by atoms with van der Waals surface area (Å²) in [4.78, 5) is 12.4. The first-order valence-corrected chi connectivity index (χ1v) is 11.7. The lowest BCUT2D eigenvalue weighted by Crippen LogP contribution is -2.50. The van der Waals surface area contributed by atoms with Crippen LogP contribution in [0.5, 0.6) is 0 Å². The van der Waals surface area contributed by atoms with E-state index in [-0.39, 0.29) is 29.8 Å². The van der Waals surface area contributed by atoms with E-state index < -0.39 is 10.2 Å². The van der Waals surface area contributed by atoms with Crippen molar-refractivity contribution in [1.29, 1.82) is 0 Å². The van der Waals surface area contributed by atoms with Crippen molar-refractivity contribution in [1.82, 2.24) is 13.9 Å². The SMILES string of the molecule is CC(C)CN(CC(C)C)S(=O)(=O)N1CCC(C(=O)NCC2CCCO2)CC1. The third kappa shape index (κ3) is 6.69. The Kier molecular flexibility index (Phi) is 8.52. The van der Waals surface area contributed by atoms with Gasteiger partial charge in [0.2, 0.25) is 5.91 Å². The molecular weight excluding hydrogens is 366 g/mol. The molecule has 0 radical (unpaired) electrons. The summed E-state index contributed by atoms with van der Waals surface area (Å²) >= 11 is 0. The summed E-state index contributed by atoms with van der Waals surface area (Å²) in [7, 11) is -3.47. The van der Waals surface area contributed by atoms with Crippen molar-refractivity contribution >= 4 is 16.1 Å². The minimum atomic E-state index is -3.47. The standard InChI is InChI=1S/C19H37N3O4S/c1-15(2)13-22(14-16(3)4)27(24,25)21-9-7-17(8-10-21)19(23)20-12-18-6-5-11-26-18/h15-18H,5-14H2,1-4H3,(H,20,23). The van der Waals surface area contributed by atoms with Crippen LogP contribution in [0.25, 0.3) is 0 Å². The van der Waals surface area contributed by atoms with Crippen LogP contribution in [0.4, 0.5) is 0 Å². The summed E-state index contributed by atoms with van der Waals surface area (Å²) in [6.45, 7) is 11.4. The molecule has 27 heavy (non-hydrogen) atoms. The van der Waals surface area contributed by atoms with Crippen LogP contribution in [-0.2, 0) is 19.7 Å². The molecule has 7 nitrogen and oxygen atoms in total. The van der Waals surface area contributed by atoms with Crippen molar-refractivity contribution in [2.75, 3.05) is 39.3 Å². The molecule has 158 valence electrons. The minimum Gasteiger partial charge on any atom is -0.376 e. The van der Waals surface area contributed by atoms with E-state index in [4.69, 9.17) is 4.74 Å². The minimum absolute atomic E-state index is 0.0313. The Morgan fingerprint density at radius 1 is 1.11 bits per heavy atom. The molecule has 8 heteroatoms. The van der Waals surface area contributed by atoms with Crippen molar-refractivity contribution in [2.24, 2.45) is 17.8 Å². The zero-order valence-corrected chi connectivity index (χ0v) is 18.1. The predicted octanol–water partition coefficient (Wildman–Crippen LogP) is 1.85. The van der Waals surface area contributed by atoms with Crippen molar-refractivity contribution in [3.8, 4) is 0 Å². The van der Waals surface area contributed by atoms with Gasteiger partial charge in [-0.3, -0.25) is 4.79 Å². The van der Waals surface area contributed by atoms with Crippen LogP contribution in [0.3, 0.4) is 0 Å². The molecule has 0 aromatic carbocycles. The average Bonchev–Trinajstić information content (AvgIpc) is 3.12. The van der Waals surface area contributed by atoms with Crippen LogP contribution in [-0.4, -0.2) is 68.4 Å². The van der Waals surface area contributed by atoms with Gasteiger partial charge in [0.25, 0.3) is 10.2 Å². The molecule has 2 aliphatic rings. The van der Waals surface area contributed by atoms with Gasteiger partial charge < -0.3 is 10.1 Å². The first kappa shape index (κ1) is 22.6. The lowest BCUT2D eigenvalue weighted by Gasteiger charge is -2.35. The molecule has 2 aliphatic heterocycles. The lowest BCUT2D eigenvalue weighted by atomic mass is 9.97. The first-order valence-electron chi connectivity index (χ1n) is 10.3. The van der Waals surface area contributed by atoms with Gasteiger partial charge in [0.1, 0.15) is 0 Å². The maximum atomic E-state index is 13.1. The Hall–Kier alpha value is -0.700. The van der Waals surface area contributed by atoms with Gasteiger partial charge in [-0.05, 0) is 37.5 Å². The highest BCUT2D eigenvalue weighted by atomic mass is 32.2. The highest BCUT2D eigenvalue weighted by molar-refractivity contribution is 7.86. The third-order valence-electron chi connectivity index (χ3n) is 5.14. The number of nitrogens with one attached hydrogen (secondary N) is 1. The monoisotopic (exact) mass is 403 g/mol. The summed E-state index contributed by atoms with van der Waals surface area (Å²) < 4.78 is 34.8. The Balaban J connectivity index is 1.87. The van der Waals surface area contributed by atoms with Crippen LogP contribution in [0.1, 0.15) is 53.4 Å². The highest BCUT2D eigenvalue weighted by Crippen LogP contribution is 2.23. The second kappa shape index (κ2) is 10.2. The zero-order valence-electron chi connectivity index (χ0n) is 17.3. The number of carbonyl (C=O) groups excluding carboxylic acids is 1. The van der Waals surface area contributed by atoms with E-state index in [1.54, 1.807) is 8.61 Å². The summed E-state index contributed by atoms with van der Waals surface area (Å²) in [5.41, 5.74) is 0. The number of amides is 1. The van der Waals surface area contributed by atoms with Crippen molar-refractivity contribution in [3.05, 3.63) is 0 Å². The van der Waals surface area contributed by atoms with Gasteiger partial charge in [0, 0.05) is 45.2 Å². The third-order valence-corrected chi connectivity index (χ3v) is 7.11. The molecule has 2 fully saturated rings. The molecule has 2 rings (SSSR count). The zero-order chi connectivity index (χ0) is 20.0. The maximum absolute atomic E-state index is 13.1. The highest BCUT2D eigenvalue weighted by Gasteiger charge is 2.35. The van der Waals surface area contributed by atoms with Crippen LogP contribution < -0.4 is 5.32 Å². The molecule has 2 saturated heterocycles. The van der Waals surface area contributed by atoms with Crippen LogP contribution in [0, 0.1) is 17.8 Å². The van der Waals surface area contributed by atoms with Gasteiger partial charge in [-0.2, -0.15) is 17.0 Å². The fourth-order valence-electron chi connectivity index (χ4n) is 3.75. The van der Waals surface area contributed by atoms with E-state index in [2.05, 4.69) is 5.32 Å². The Labute approximate surface area is 165 Å². The van der Waals surface area contributed by atoms with E-state index >= 15 is 0 Å². The van der Waals surface area contributed by atoms with Crippen molar-refractivity contribution in [2.45, 2.75) is 59.5 Å². The lowest BCUT2D eigenvalue weighted by molar-refractivity contribution is -0.126. The first-order chi connectivity index (χ1) is 12.7. The van der Waals surface area contributed by atoms with Crippen molar-refractivity contribution < 1.29 is 17.9 Å². The Morgan fingerprint density at radius 3 is 2.19 bits per heavy atom. The normalized spacial score (nSPS) is 22.9. The number of hydrogen-bond donors (Lipinski definition) is 1. The number of hydrogen-bond acceptors (Lipinski definition) is 4.